The number of rotatable bonds is 6. The SMILES string of the molecule is CC1CCCCN1CCCNCc1ccccc1Cl. The molecule has 1 unspecified atom stereocenters. The number of likely N-dealkylation sites (tertiary alicyclic amines) is 1. The lowest BCUT2D eigenvalue weighted by atomic mass is 10.0. The first-order chi connectivity index (χ1) is 9.27. The summed E-state index contributed by atoms with van der Waals surface area (Å²) in [5, 5.41) is 4.35. The van der Waals surface area contributed by atoms with Gasteiger partial charge in [-0.2, -0.15) is 0 Å². The minimum absolute atomic E-state index is 0.775. The molecular formula is C16H25ClN2. The van der Waals surface area contributed by atoms with Crippen molar-refractivity contribution in [3.63, 3.8) is 0 Å². The minimum atomic E-state index is 0.775. The van der Waals surface area contributed by atoms with Crippen molar-refractivity contribution in [3.8, 4) is 0 Å². The van der Waals surface area contributed by atoms with Gasteiger partial charge in [-0.3, -0.25) is 0 Å². The monoisotopic (exact) mass is 280 g/mol. The van der Waals surface area contributed by atoms with Crippen LogP contribution in [0.4, 0.5) is 0 Å². The lowest BCUT2D eigenvalue weighted by Gasteiger charge is -2.33. The van der Waals surface area contributed by atoms with Crippen LogP contribution in [0.1, 0.15) is 38.2 Å². The van der Waals surface area contributed by atoms with Crippen molar-refractivity contribution in [1.82, 2.24) is 10.2 Å². The van der Waals surface area contributed by atoms with Gasteiger partial charge in [-0.1, -0.05) is 36.2 Å². The fourth-order valence-corrected chi connectivity index (χ4v) is 2.96. The molecule has 1 N–H and O–H groups in total. The highest BCUT2D eigenvalue weighted by atomic mass is 35.5. The molecule has 1 aliphatic heterocycles. The Bertz CT molecular complexity index is 381. The third-order valence-corrected chi connectivity index (χ3v) is 4.38. The largest absolute Gasteiger partial charge is 0.313 e. The van der Waals surface area contributed by atoms with E-state index in [1.165, 1.54) is 44.3 Å². The van der Waals surface area contributed by atoms with Crippen LogP contribution < -0.4 is 5.32 Å². The van der Waals surface area contributed by atoms with Gasteiger partial charge in [-0.15, -0.1) is 0 Å². The number of benzene rings is 1. The molecule has 1 aliphatic rings. The van der Waals surface area contributed by atoms with Gasteiger partial charge in [0.25, 0.3) is 0 Å². The van der Waals surface area contributed by atoms with Crippen LogP contribution in [-0.2, 0) is 6.54 Å². The van der Waals surface area contributed by atoms with E-state index in [1.54, 1.807) is 0 Å². The highest BCUT2D eigenvalue weighted by molar-refractivity contribution is 6.31. The van der Waals surface area contributed by atoms with Crippen LogP contribution in [0.5, 0.6) is 0 Å². The standard InChI is InChI=1S/C16H25ClN2/c1-14-7-4-5-11-19(14)12-6-10-18-13-15-8-2-3-9-16(15)17/h2-3,8-9,14,18H,4-7,10-13H2,1H3. The van der Waals surface area contributed by atoms with Gasteiger partial charge in [-0.05, 0) is 57.5 Å². The highest BCUT2D eigenvalue weighted by Crippen LogP contribution is 2.16. The Morgan fingerprint density at radius 2 is 2.16 bits per heavy atom. The van der Waals surface area contributed by atoms with Crippen molar-refractivity contribution in [2.24, 2.45) is 0 Å². The Labute approximate surface area is 122 Å². The Kier molecular flexibility index (Phi) is 6.15. The Morgan fingerprint density at radius 1 is 1.32 bits per heavy atom. The average molecular weight is 281 g/mol. The van der Waals surface area contributed by atoms with Crippen LogP contribution in [0.3, 0.4) is 0 Å². The molecule has 0 saturated carbocycles. The second-order valence-corrected chi connectivity index (χ2v) is 5.91. The van der Waals surface area contributed by atoms with Crippen molar-refractivity contribution >= 4 is 11.6 Å². The van der Waals surface area contributed by atoms with E-state index in [1.807, 2.05) is 18.2 Å². The maximum Gasteiger partial charge on any atom is 0.0450 e. The van der Waals surface area contributed by atoms with E-state index in [4.69, 9.17) is 11.6 Å². The molecule has 0 radical (unpaired) electrons. The summed E-state index contributed by atoms with van der Waals surface area (Å²) < 4.78 is 0. The average Bonchev–Trinajstić information content (AvgIpc) is 2.42. The lowest BCUT2D eigenvalue weighted by molar-refractivity contribution is 0.159. The van der Waals surface area contributed by atoms with E-state index >= 15 is 0 Å². The number of piperidine rings is 1. The number of hydrogen-bond acceptors (Lipinski definition) is 2. The molecule has 1 atom stereocenters. The lowest BCUT2D eigenvalue weighted by Crippen LogP contribution is -2.38. The van der Waals surface area contributed by atoms with Crippen LogP contribution in [0.15, 0.2) is 24.3 Å². The Morgan fingerprint density at radius 3 is 2.95 bits per heavy atom. The molecule has 2 nitrogen and oxygen atoms in total. The van der Waals surface area contributed by atoms with Crippen molar-refractivity contribution < 1.29 is 0 Å². The third kappa shape index (κ3) is 4.79. The summed E-state index contributed by atoms with van der Waals surface area (Å²) in [4.78, 5) is 2.63. The Balaban J connectivity index is 1.61. The number of halogens is 1. The van der Waals surface area contributed by atoms with Gasteiger partial charge >= 0.3 is 0 Å². The van der Waals surface area contributed by atoms with Gasteiger partial charge in [0.15, 0.2) is 0 Å². The highest BCUT2D eigenvalue weighted by Gasteiger charge is 2.16. The predicted octanol–water partition coefficient (Wildman–Crippen LogP) is 3.69. The number of nitrogens with one attached hydrogen (secondary N) is 1. The molecule has 0 bridgehead atoms. The molecule has 0 aromatic heterocycles. The van der Waals surface area contributed by atoms with Crippen LogP contribution in [-0.4, -0.2) is 30.6 Å². The third-order valence-electron chi connectivity index (χ3n) is 4.01. The smallest absolute Gasteiger partial charge is 0.0450 e. The van der Waals surface area contributed by atoms with Crippen molar-refractivity contribution in [2.75, 3.05) is 19.6 Å². The molecule has 19 heavy (non-hydrogen) atoms. The van der Waals surface area contributed by atoms with Gasteiger partial charge in [0.2, 0.25) is 0 Å². The summed E-state index contributed by atoms with van der Waals surface area (Å²) in [5.41, 5.74) is 1.19. The molecule has 1 aromatic carbocycles. The fraction of sp³-hybridized carbons (Fsp3) is 0.625. The molecule has 0 amide bonds. The molecule has 1 heterocycles. The number of hydrogen-bond donors (Lipinski definition) is 1. The first-order valence-corrected chi connectivity index (χ1v) is 7.83. The second kappa shape index (κ2) is 7.88. The van der Waals surface area contributed by atoms with Crippen molar-refractivity contribution in [3.05, 3.63) is 34.9 Å². The van der Waals surface area contributed by atoms with E-state index in [0.717, 1.165) is 24.2 Å². The zero-order chi connectivity index (χ0) is 13.5. The quantitative estimate of drug-likeness (QED) is 0.800. The van der Waals surface area contributed by atoms with Crippen LogP contribution >= 0.6 is 11.6 Å². The summed E-state index contributed by atoms with van der Waals surface area (Å²) in [5.74, 6) is 0. The van der Waals surface area contributed by atoms with E-state index in [0.29, 0.717) is 0 Å². The first kappa shape index (κ1) is 14.8. The molecule has 3 heteroatoms. The van der Waals surface area contributed by atoms with Crippen LogP contribution in [0.25, 0.3) is 0 Å². The molecule has 2 rings (SSSR count). The topological polar surface area (TPSA) is 15.3 Å². The summed E-state index contributed by atoms with van der Waals surface area (Å²) >= 11 is 6.13. The van der Waals surface area contributed by atoms with E-state index in [-0.39, 0.29) is 0 Å². The van der Waals surface area contributed by atoms with E-state index in [2.05, 4.69) is 23.2 Å². The first-order valence-electron chi connectivity index (χ1n) is 7.45. The van der Waals surface area contributed by atoms with Crippen LogP contribution in [0, 0.1) is 0 Å². The summed E-state index contributed by atoms with van der Waals surface area (Å²) in [6.07, 6.45) is 5.36. The molecule has 1 saturated heterocycles. The van der Waals surface area contributed by atoms with Gasteiger partial charge in [0, 0.05) is 17.6 Å². The normalized spacial score (nSPS) is 20.6. The van der Waals surface area contributed by atoms with Gasteiger partial charge in [0.05, 0.1) is 0 Å². The second-order valence-electron chi connectivity index (χ2n) is 5.50. The van der Waals surface area contributed by atoms with Crippen molar-refractivity contribution in [1.29, 1.82) is 0 Å². The zero-order valence-corrected chi connectivity index (χ0v) is 12.6. The van der Waals surface area contributed by atoms with Gasteiger partial charge in [0.1, 0.15) is 0 Å². The van der Waals surface area contributed by atoms with E-state index in [9.17, 15) is 0 Å². The molecule has 1 fully saturated rings. The fourth-order valence-electron chi connectivity index (χ4n) is 2.76. The summed E-state index contributed by atoms with van der Waals surface area (Å²) in [7, 11) is 0. The summed E-state index contributed by atoms with van der Waals surface area (Å²) in [6.45, 7) is 6.79. The van der Waals surface area contributed by atoms with E-state index < -0.39 is 0 Å². The minimum Gasteiger partial charge on any atom is -0.313 e. The zero-order valence-electron chi connectivity index (χ0n) is 11.9. The molecule has 0 spiro atoms. The molecular weight excluding hydrogens is 256 g/mol. The summed E-state index contributed by atoms with van der Waals surface area (Å²) in [6, 6.07) is 8.83. The van der Waals surface area contributed by atoms with Gasteiger partial charge in [-0.25, -0.2) is 0 Å². The molecule has 106 valence electrons. The number of nitrogens with zero attached hydrogens (tertiary/aromatic N) is 1. The Hall–Kier alpha value is -0.570. The van der Waals surface area contributed by atoms with Crippen molar-refractivity contribution in [2.45, 2.75) is 45.2 Å². The van der Waals surface area contributed by atoms with Gasteiger partial charge < -0.3 is 10.2 Å². The molecule has 1 aromatic rings. The maximum atomic E-state index is 6.13. The van der Waals surface area contributed by atoms with Crippen LogP contribution in [0.2, 0.25) is 5.02 Å². The maximum absolute atomic E-state index is 6.13. The molecule has 0 aliphatic carbocycles. The predicted molar refractivity (Wildman–Crippen MR) is 82.7 cm³/mol.